The lowest BCUT2D eigenvalue weighted by atomic mass is 9.77. The lowest BCUT2D eigenvalue weighted by Crippen LogP contribution is -2.44. The minimum Gasteiger partial charge on any atom is -0.316 e. The van der Waals surface area contributed by atoms with E-state index < -0.39 is 0 Å². The molecule has 20 heavy (non-hydrogen) atoms. The molecule has 0 saturated carbocycles. The molecule has 6 heteroatoms. The van der Waals surface area contributed by atoms with Gasteiger partial charge in [-0.05, 0) is 33.5 Å². The predicted molar refractivity (Wildman–Crippen MR) is 80.3 cm³/mol. The molecule has 5 nitrogen and oxygen atoms in total. The van der Waals surface area contributed by atoms with Gasteiger partial charge in [0.05, 0.1) is 17.8 Å². The van der Waals surface area contributed by atoms with E-state index in [4.69, 9.17) is 11.6 Å². The van der Waals surface area contributed by atoms with E-state index in [-0.39, 0.29) is 11.2 Å². The number of carbonyl (C=O) groups is 1. The van der Waals surface area contributed by atoms with Gasteiger partial charge in [-0.15, -0.1) is 0 Å². The Morgan fingerprint density at radius 3 is 2.95 bits per heavy atom. The molecule has 0 aliphatic carbocycles. The van der Waals surface area contributed by atoms with Gasteiger partial charge < -0.3 is 10.2 Å². The number of carbonyl (C=O) groups excluding carboxylic acids is 1. The van der Waals surface area contributed by atoms with Gasteiger partial charge in [0.15, 0.2) is 5.78 Å². The summed E-state index contributed by atoms with van der Waals surface area (Å²) < 4.78 is 1.74. The van der Waals surface area contributed by atoms with Crippen LogP contribution >= 0.6 is 11.6 Å². The Morgan fingerprint density at radius 2 is 2.35 bits per heavy atom. The van der Waals surface area contributed by atoms with Gasteiger partial charge in [0.1, 0.15) is 5.69 Å². The fourth-order valence-corrected chi connectivity index (χ4v) is 2.82. The summed E-state index contributed by atoms with van der Waals surface area (Å²) in [5.74, 6) is 0.103. The third kappa shape index (κ3) is 3.22. The van der Waals surface area contributed by atoms with Crippen LogP contribution in [0.15, 0.2) is 6.20 Å². The summed E-state index contributed by atoms with van der Waals surface area (Å²) in [6.07, 6.45) is 3.49. The summed E-state index contributed by atoms with van der Waals surface area (Å²) in [5, 5.41) is 8.02. The highest BCUT2D eigenvalue weighted by molar-refractivity contribution is 6.33. The van der Waals surface area contributed by atoms with Crippen LogP contribution in [0, 0.1) is 5.41 Å². The number of halogens is 1. The van der Waals surface area contributed by atoms with Gasteiger partial charge in [-0.25, -0.2) is 0 Å². The van der Waals surface area contributed by atoms with Crippen LogP contribution in [0.4, 0.5) is 0 Å². The highest BCUT2D eigenvalue weighted by Crippen LogP contribution is 2.32. The molecular weight excluding hydrogens is 276 g/mol. The van der Waals surface area contributed by atoms with Crippen LogP contribution in [-0.4, -0.2) is 54.2 Å². The number of likely N-dealkylation sites (N-methyl/N-ethyl adjacent to an activating group) is 1. The second-order valence-electron chi connectivity index (χ2n) is 6.04. The van der Waals surface area contributed by atoms with Crippen LogP contribution in [0.2, 0.25) is 5.02 Å². The van der Waals surface area contributed by atoms with Gasteiger partial charge in [0.25, 0.3) is 0 Å². The topological polar surface area (TPSA) is 50.2 Å². The summed E-state index contributed by atoms with van der Waals surface area (Å²) in [5.41, 5.74) is 0.178. The smallest absolute Gasteiger partial charge is 0.189 e. The number of hydrogen-bond donors (Lipinski definition) is 1. The number of hydrogen-bond acceptors (Lipinski definition) is 4. The second-order valence-corrected chi connectivity index (χ2v) is 6.44. The maximum absolute atomic E-state index is 12.9. The van der Waals surface area contributed by atoms with Crippen molar-refractivity contribution in [1.29, 1.82) is 0 Å². The van der Waals surface area contributed by atoms with Gasteiger partial charge in [-0.1, -0.05) is 18.5 Å². The van der Waals surface area contributed by atoms with E-state index in [1.165, 1.54) is 0 Å². The number of nitrogens with zero attached hydrogens (tertiary/aromatic N) is 3. The monoisotopic (exact) mass is 298 g/mol. The zero-order valence-corrected chi connectivity index (χ0v) is 13.2. The van der Waals surface area contributed by atoms with Crippen molar-refractivity contribution in [3.63, 3.8) is 0 Å². The molecule has 1 fully saturated rings. The molecule has 0 radical (unpaired) electrons. The van der Waals surface area contributed by atoms with Crippen LogP contribution in [0.25, 0.3) is 0 Å². The maximum atomic E-state index is 12.9. The maximum Gasteiger partial charge on any atom is 0.189 e. The van der Waals surface area contributed by atoms with Crippen LogP contribution < -0.4 is 5.32 Å². The number of piperidine rings is 1. The SMILES string of the molecule is CN(C)CCn1ncc(Cl)c1C(=O)C1(C)CCCNC1. The highest BCUT2D eigenvalue weighted by Gasteiger charge is 2.38. The van der Waals surface area contributed by atoms with Crippen molar-refractivity contribution in [2.24, 2.45) is 5.41 Å². The van der Waals surface area contributed by atoms with E-state index in [1.807, 2.05) is 21.0 Å². The Bertz CT molecular complexity index is 478. The molecular formula is C14H23ClN4O. The molecule has 1 atom stereocenters. The molecule has 0 aromatic carbocycles. The number of aromatic nitrogens is 2. The number of rotatable bonds is 5. The molecule has 1 N–H and O–H groups in total. The fourth-order valence-electron chi connectivity index (χ4n) is 2.59. The Balaban J connectivity index is 2.22. The van der Waals surface area contributed by atoms with Gasteiger partial charge >= 0.3 is 0 Å². The predicted octanol–water partition coefficient (Wildman–Crippen LogP) is 1.67. The van der Waals surface area contributed by atoms with Crippen LogP contribution in [0.5, 0.6) is 0 Å². The standard InChI is InChI=1S/C14H23ClN4O/c1-14(5-4-6-16-10-14)13(20)12-11(15)9-17-19(12)8-7-18(2)3/h9,16H,4-8,10H2,1-3H3. The largest absolute Gasteiger partial charge is 0.316 e. The molecule has 0 amide bonds. The van der Waals surface area contributed by atoms with E-state index in [0.717, 1.165) is 25.9 Å². The Kier molecular flexibility index (Phi) is 4.83. The molecule has 1 aliphatic heterocycles. The summed E-state index contributed by atoms with van der Waals surface area (Å²) in [6.45, 7) is 5.20. The summed E-state index contributed by atoms with van der Waals surface area (Å²) in [7, 11) is 4.00. The third-order valence-corrected chi connectivity index (χ3v) is 4.19. The van der Waals surface area contributed by atoms with Crippen LogP contribution in [-0.2, 0) is 6.54 Å². The van der Waals surface area contributed by atoms with E-state index >= 15 is 0 Å². The van der Waals surface area contributed by atoms with Crippen LogP contribution in [0.3, 0.4) is 0 Å². The first-order valence-electron chi connectivity index (χ1n) is 7.05. The molecule has 112 valence electrons. The highest BCUT2D eigenvalue weighted by atomic mass is 35.5. The quantitative estimate of drug-likeness (QED) is 0.840. The summed E-state index contributed by atoms with van der Waals surface area (Å²) in [4.78, 5) is 14.9. The molecule has 0 bridgehead atoms. The summed E-state index contributed by atoms with van der Waals surface area (Å²) >= 11 is 6.20. The molecule has 1 aromatic rings. The Morgan fingerprint density at radius 1 is 1.60 bits per heavy atom. The van der Waals surface area contributed by atoms with Gasteiger partial charge in [-0.3, -0.25) is 9.48 Å². The normalized spacial score (nSPS) is 23.2. The van der Waals surface area contributed by atoms with Crippen molar-refractivity contribution in [3.8, 4) is 0 Å². The van der Waals surface area contributed by atoms with E-state index in [1.54, 1.807) is 10.9 Å². The molecule has 1 unspecified atom stereocenters. The van der Waals surface area contributed by atoms with Crippen molar-refractivity contribution in [2.75, 3.05) is 33.7 Å². The third-order valence-electron chi connectivity index (χ3n) is 3.91. The molecule has 2 rings (SSSR count). The Labute approximate surface area is 125 Å². The zero-order valence-electron chi connectivity index (χ0n) is 12.4. The molecule has 1 aromatic heterocycles. The molecule has 2 heterocycles. The average Bonchev–Trinajstić information content (AvgIpc) is 2.77. The lowest BCUT2D eigenvalue weighted by molar-refractivity contribution is 0.0760. The first-order chi connectivity index (χ1) is 9.44. The van der Waals surface area contributed by atoms with Gasteiger partial charge in [-0.2, -0.15) is 5.10 Å². The fraction of sp³-hybridized carbons (Fsp3) is 0.714. The molecule has 1 saturated heterocycles. The molecule has 0 spiro atoms. The minimum atomic E-state index is -0.377. The first-order valence-corrected chi connectivity index (χ1v) is 7.43. The zero-order chi connectivity index (χ0) is 14.8. The second kappa shape index (κ2) is 6.24. The lowest BCUT2D eigenvalue weighted by Gasteiger charge is -2.32. The first kappa shape index (κ1) is 15.5. The van der Waals surface area contributed by atoms with Gasteiger partial charge in [0, 0.05) is 18.5 Å². The van der Waals surface area contributed by atoms with Crippen molar-refractivity contribution in [3.05, 3.63) is 16.9 Å². The van der Waals surface area contributed by atoms with Gasteiger partial charge in [0.2, 0.25) is 0 Å². The number of ketones is 1. The van der Waals surface area contributed by atoms with Crippen molar-refractivity contribution >= 4 is 17.4 Å². The number of Topliss-reactive ketones (excluding diaryl/α,β-unsaturated/α-hetero) is 1. The van der Waals surface area contributed by atoms with Crippen molar-refractivity contribution < 1.29 is 4.79 Å². The minimum absolute atomic E-state index is 0.103. The number of nitrogens with one attached hydrogen (secondary N) is 1. The van der Waals surface area contributed by atoms with Crippen molar-refractivity contribution in [1.82, 2.24) is 20.0 Å². The Hall–Kier alpha value is -0.910. The van der Waals surface area contributed by atoms with E-state index in [0.29, 0.717) is 23.8 Å². The van der Waals surface area contributed by atoms with E-state index in [2.05, 4.69) is 15.3 Å². The van der Waals surface area contributed by atoms with Crippen LogP contribution in [0.1, 0.15) is 30.3 Å². The summed E-state index contributed by atoms with van der Waals surface area (Å²) in [6, 6.07) is 0. The van der Waals surface area contributed by atoms with E-state index in [9.17, 15) is 4.79 Å². The average molecular weight is 299 g/mol. The molecule has 1 aliphatic rings. The van der Waals surface area contributed by atoms with Crippen molar-refractivity contribution in [2.45, 2.75) is 26.3 Å².